The first-order chi connectivity index (χ1) is 13.6. The highest BCUT2D eigenvalue weighted by molar-refractivity contribution is 5.90. The topological polar surface area (TPSA) is 105 Å². The molecule has 28 heavy (non-hydrogen) atoms. The Bertz CT molecular complexity index is 992. The molecular formula is C20H18N4O4. The van der Waals surface area contributed by atoms with Crippen LogP contribution in [0.25, 0.3) is 5.69 Å². The molecule has 0 spiro atoms. The molecule has 0 fully saturated rings. The number of carboxylic acid groups (broad SMARTS) is 1. The fourth-order valence-corrected chi connectivity index (χ4v) is 2.49. The number of hydrogen-bond acceptors (Lipinski definition) is 4. The van der Waals surface area contributed by atoms with E-state index in [-0.39, 0.29) is 5.56 Å². The predicted molar refractivity (Wildman–Crippen MR) is 105 cm³/mol. The number of aromatic nitrogens is 1. The second kappa shape index (κ2) is 8.54. The molecule has 0 saturated heterocycles. The minimum absolute atomic E-state index is 0.211. The van der Waals surface area contributed by atoms with Crippen LogP contribution in [0.5, 0.6) is 5.75 Å². The molecule has 0 radical (unpaired) electrons. The average molecular weight is 378 g/mol. The van der Waals surface area contributed by atoms with E-state index in [2.05, 4.69) is 15.8 Å². The second-order valence-corrected chi connectivity index (χ2v) is 5.71. The molecule has 0 saturated carbocycles. The number of carbonyl (C=O) groups is 2. The van der Waals surface area contributed by atoms with Crippen molar-refractivity contribution in [1.29, 1.82) is 0 Å². The van der Waals surface area contributed by atoms with Gasteiger partial charge < -0.3 is 19.7 Å². The Balaban J connectivity index is 1.62. The molecule has 0 bridgehead atoms. The Kier molecular flexibility index (Phi) is 5.71. The normalized spacial score (nSPS) is 10.6. The number of aromatic carboxylic acids is 1. The average Bonchev–Trinajstić information content (AvgIpc) is 3.17. The molecule has 0 aliphatic heterocycles. The molecule has 0 aliphatic carbocycles. The van der Waals surface area contributed by atoms with E-state index >= 15 is 0 Å². The molecule has 1 heterocycles. The van der Waals surface area contributed by atoms with Crippen LogP contribution in [0.3, 0.4) is 0 Å². The van der Waals surface area contributed by atoms with Gasteiger partial charge in [0.1, 0.15) is 5.75 Å². The summed E-state index contributed by atoms with van der Waals surface area (Å²) in [6.45, 7) is 0. The zero-order valence-corrected chi connectivity index (χ0v) is 15.0. The molecular weight excluding hydrogens is 360 g/mol. The van der Waals surface area contributed by atoms with Crippen molar-refractivity contribution in [3.63, 3.8) is 0 Å². The fourth-order valence-electron chi connectivity index (χ4n) is 2.49. The molecule has 2 aromatic carbocycles. The van der Waals surface area contributed by atoms with Crippen LogP contribution in [0.4, 0.5) is 10.5 Å². The number of hydrogen-bond donors (Lipinski definition) is 3. The summed E-state index contributed by atoms with van der Waals surface area (Å²) in [5.41, 5.74) is 4.71. The van der Waals surface area contributed by atoms with Crippen LogP contribution in [0.2, 0.25) is 0 Å². The lowest BCUT2D eigenvalue weighted by atomic mass is 10.2. The number of methoxy groups -OCH3 is 1. The molecule has 142 valence electrons. The van der Waals surface area contributed by atoms with Crippen molar-refractivity contribution in [2.45, 2.75) is 0 Å². The standard InChI is InChI=1S/C20H18N4O4/c1-28-18-10-6-15(7-11-18)22-20(27)23-21-13-17-3-2-12-24(17)16-8-4-14(5-9-16)19(25)26/h2-13H,1H3,(H,25,26)(H2,22,23,27)/b21-13+. The smallest absolute Gasteiger partial charge is 0.339 e. The number of anilines is 1. The van der Waals surface area contributed by atoms with Crippen molar-refractivity contribution in [1.82, 2.24) is 9.99 Å². The molecule has 3 rings (SSSR count). The Morgan fingerprint density at radius 3 is 2.43 bits per heavy atom. The highest BCUT2D eigenvalue weighted by Gasteiger charge is 2.05. The zero-order chi connectivity index (χ0) is 19.9. The number of urea groups is 1. The number of benzene rings is 2. The van der Waals surface area contributed by atoms with Crippen LogP contribution >= 0.6 is 0 Å². The molecule has 3 aromatic rings. The summed E-state index contributed by atoms with van der Waals surface area (Å²) < 4.78 is 6.88. The van der Waals surface area contributed by atoms with Crippen LogP contribution in [0.1, 0.15) is 16.1 Å². The van der Waals surface area contributed by atoms with Crippen molar-refractivity contribution in [3.8, 4) is 11.4 Å². The number of hydrazone groups is 1. The summed E-state index contributed by atoms with van der Waals surface area (Å²) in [6, 6.07) is 16.5. The first kappa shape index (κ1) is 18.7. The van der Waals surface area contributed by atoms with Crippen molar-refractivity contribution in [2.75, 3.05) is 12.4 Å². The highest BCUT2D eigenvalue weighted by atomic mass is 16.5. The van der Waals surface area contributed by atoms with Crippen molar-refractivity contribution < 1.29 is 19.4 Å². The van der Waals surface area contributed by atoms with Crippen LogP contribution in [-0.4, -0.2) is 35.0 Å². The molecule has 0 atom stereocenters. The van der Waals surface area contributed by atoms with Gasteiger partial charge in [-0.3, -0.25) is 0 Å². The molecule has 2 amide bonds. The number of carboxylic acids is 1. The van der Waals surface area contributed by atoms with Crippen molar-refractivity contribution in [3.05, 3.63) is 78.1 Å². The lowest BCUT2D eigenvalue weighted by Gasteiger charge is -2.07. The monoisotopic (exact) mass is 378 g/mol. The number of ether oxygens (including phenoxy) is 1. The number of nitrogens with zero attached hydrogens (tertiary/aromatic N) is 2. The summed E-state index contributed by atoms with van der Waals surface area (Å²) in [7, 11) is 1.57. The van der Waals surface area contributed by atoms with Gasteiger partial charge >= 0.3 is 12.0 Å². The highest BCUT2D eigenvalue weighted by Crippen LogP contribution is 2.15. The third kappa shape index (κ3) is 4.55. The molecule has 0 aliphatic rings. The molecule has 1 aromatic heterocycles. The predicted octanol–water partition coefficient (Wildman–Crippen LogP) is 3.34. The zero-order valence-electron chi connectivity index (χ0n) is 15.0. The summed E-state index contributed by atoms with van der Waals surface area (Å²) >= 11 is 0. The number of carbonyl (C=O) groups excluding carboxylic acids is 1. The van der Waals surface area contributed by atoms with Crippen molar-refractivity contribution >= 4 is 23.9 Å². The summed E-state index contributed by atoms with van der Waals surface area (Å²) in [5.74, 6) is -0.283. The number of nitrogens with one attached hydrogen (secondary N) is 2. The van der Waals surface area contributed by atoms with E-state index < -0.39 is 12.0 Å². The Morgan fingerprint density at radius 2 is 1.79 bits per heavy atom. The van der Waals surface area contributed by atoms with Gasteiger partial charge in [0.15, 0.2) is 0 Å². The first-order valence-corrected chi connectivity index (χ1v) is 8.32. The summed E-state index contributed by atoms with van der Waals surface area (Å²) in [5, 5.41) is 15.6. The lowest BCUT2D eigenvalue weighted by molar-refractivity contribution is 0.0697. The lowest BCUT2D eigenvalue weighted by Crippen LogP contribution is -2.24. The van der Waals surface area contributed by atoms with Gasteiger partial charge in [-0.05, 0) is 60.7 Å². The van der Waals surface area contributed by atoms with Gasteiger partial charge in [0.2, 0.25) is 0 Å². The Hall–Kier alpha value is -4.07. The number of rotatable bonds is 6. The minimum Gasteiger partial charge on any atom is -0.497 e. The maximum atomic E-state index is 11.9. The van der Waals surface area contributed by atoms with Crippen LogP contribution in [0.15, 0.2) is 72.0 Å². The van der Waals surface area contributed by atoms with Gasteiger partial charge in [-0.2, -0.15) is 5.10 Å². The minimum atomic E-state index is -0.979. The van der Waals surface area contributed by atoms with Gasteiger partial charge in [0.25, 0.3) is 0 Å². The Morgan fingerprint density at radius 1 is 1.07 bits per heavy atom. The Labute approximate surface area is 161 Å². The van der Waals surface area contributed by atoms with E-state index in [4.69, 9.17) is 9.84 Å². The quantitative estimate of drug-likeness (QED) is 0.452. The summed E-state index contributed by atoms with van der Waals surface area (Å²) in [6.07, 6.45) is 3.31. The first-order valence-electron chi connectivity index (χ1n) is 8.32. The van der Waals surface area contributed by atoms with E-state index in [1.165, 1.54) is 18.3 Å². The van der Waals surface area contributed by atoms with E-state index in [0.717, 1.165) is 5.69 Å². The van der Waals surface area contributed by atoms with Crippen LogP contribution in [0, 0.1) is 0 Å². The maximum absolute atomic E-state index is 11.9. The van der Waals surface area contributed by atoms with Gasteiger partial charge in [0.05, 0.1) is 24.6 Å². The van der Waals surface area contributed by atoms with E-state index in [1.807, 2.05) is 22.9 Å². The molecule has 8 heteroatoms. The van der Waals surface area contributed by atoms with Gasteiger partial charge in [0, 0.05) is 17.6 Å². The largest absolute Gasteiger partial charge is 0.497 e. The molecule has 8 nitrogen and oxygen atoms in total. The SMILES string of the molecule is COc1ccc(NC(=O)N/N=C/c2cccn2-c2ccc(C(=O)O)cc2)cc1. The molecule has 0 unspecified atom stereocenters. The second-order valence-electron chi connectivity index (χ2n) is 5.71. The van der Waals surface area contributed by atoms with Gasteiger partial charge in [-0.1, -0.05) is 0 Å². The third-order valence-corrected chi connectivity index (χ3v) is 3.88. The molecule has 3 N–H and O–H groups in total. The maximum Gasteiger partial charge on any atom is 0.339 e. The number of amides is 2. The van der Waals surface area contributed by atoms with Crippen molar-refractivity contribution in [2.24, 2.45) is 5.10 Å². The van der Waals surface area contributed by atoms with Gasteiger partial charge in [-0.25, -0.2) is 15.0 Å². The van der Waals surface area contributed by atoms with Crippen LogP contribution < -0.4 is 15.5 Å². The van der Waals surface area contributed by atoms with E-state index in [9.17, 15) is 9.59 Å². The van der Waals surface area contributed by atoms with Crippen LogP contribution in [-0.2, 0) is 0 Å². The van der Waals surface area contributed by atoms with Gasteiger partial charge in [-0.15, -0.1) is 0 Å². The van der Waals surface area contributed by atoms with E-state index in [1.54, 1.807) is 43.5 Å². The fraction of sp³-hybridized carbons (Fsp3) is 0.0500. The third-order valence-electron chi connectivity index (χ3n) is 3.88. The summed E-state index contributed by atoms with van der Waals surface area (Å²) in [4.78, 5) is 22.9. The van der Waals surface area contributed by atoms with E-state index in [0.29, 0.717) is 17.1 Å².